The lowest BCUT2D eigenvalue weighted by Gasteiger charge is -2.04. The van der Waals surface area contributed by atoms with Crippen molar-refractivity contribution in [2.24, 2.45) is 0 Å². The van der Waals surface area contributed by atoms with Crippen LogP contribution in [0.1, 0.15) is 17.5 Å². The highest BCUT2D eigenvalue weighted by atomic mass is 32.2. The number of aryl methyl sites for hydroxylation is 1. The van der Waals surface area contributed by atoms with Crippen molar-refractivity contribution in [3.8, 4) is 11.8 Å². The maximum absolute atomic E-state index is 11.9. The van der Waals surface area contributed by atoms with E-state index in [-0.39, 0.29) is 11.5 Å². The smallest absolute Gasteiger partial charge is 0.265 e. The maximum Gasteiger partial charge on any atom is 0.297 e. The molecule has 0 aliphatic carbocycles. The first-order valence-electron chi connectivity index (χ1n) is 6.58. The molecule has 108 valence electrons. The third kappa shape index (κ3) is 4.75. The van der Waals surface area contributed by atoms with Crippen LogP contribution in [-0.4, -0.2) is 15.0 Å². The SMILES string of the molecule is Cc1ccc(S(=O)(=O)OCCC#Cc2ccccc2)cc1. The fourth-order valence-electron chi connectivity index (χ4n) is 1.66. The standard InChI is InChI=1S/C17H16O3S/c1-15-10-12-17(13-11-15)21(18,19)20-14-6-5-9-16-7-3-2-4-8-16/h2-4,7-8,10-13H,6,14H2,1H3. The highest BCUT2D eigenvalue weighted by Gasteiger charge is 2.13. The summed E-state index contributed by atoms with van der Waals surface area (Å²) in [6, 6.07) is 16.1. The predicted octanol–water partition coefficient (Wildman–Crippen LogP) is 3.14. The second kappa shape index (κ2) is 7.07. The van der Waals surface area contributed by atoms with Gasteiger partial charge in [-0.15, -0.1) is 0 Å². The van der Waals surface area contributed by atoms with E-state index in [0.717, 1.165) is 11.1 Å². The molecule has 21 heavy (non-hydrogen) atoms. The van der Waals surface area contributed by atoms with Gasteiger partial charge in [0.25, 0.3) is 10.1 Å². The van der Waals surface area contributed by atoms with Gasteiger partial charge in [0.2, 0.25) is 0 Å². The lowest BCUT2D eigenvalue weighted by molar-refractivity contribution is 0.326. The van der Waals surface area contributed by atoms with E-state index in [1.807, 2.05) is 37.3 Å². The van der Waals surface area contributed by atoms with Crippen LogP contribution in [0.15, 0.2) is 59.5 Å². The Balaban J connectivity index is 1.88. The van der Waals surface area contributed by atoms with E-state index in [4.69, 9.17) is 4.18 Å². The molecular formula is C17H16O3S. The zero-order valence-corrected chi connectivity index (χ0v) is 12.6. The molecule has 3 nitrogen and oxygen atoms in total. The maximum atomic E-state index is 11.9. The van der Waals surface area contributed by atoms with Gasteiger partial charge < -0.3 is 0 Å². The molecule has 0 N–H and O–H groups in total. The molecule has 0 unspecified atom stereocenters. The van der Waals surface area contributed by atoms with Gasteiger partial charge in [-0.25, -0.2) is 0 Å². The van der Waals surface area contributed by atoms with Crippen molar-refractivity contribution in [2.75, 3.05) is 6.61 Å². The second-order valence-electron chi connectivity index (χ2n) is 4.51. The first-order chi connectivity index (χ1) is 10.1. The Kier molecular flexibility index (Phi) is 5.15. The van der Waals surface area contributed by atoms with Crippen LogP contribution in [0.3, 0.4) is 0 Å². The molecule has 0 heterocycles. The van der Waals surface area contributed by atoms with Crippen LogP contribution < -0.4 is 0 Å². The molecule has 0 amide bonds. The van der Waals surface area contributed by atoms with Gasteiger partial charge in [-0.05, 0) is 31.2 Å². The molecule has 0 radical (unpaired) electrons. The molecule has 2 aromatic carbocycles. The van der Waals surface area contributed by atoms with Gasteiger partial charge in [-0.1, -0.05) is 47.7 Å². The average Bonchev–Trinajstić information content (AvgIpc) is 2.48. The first-order valence-corrected chi connectivity index (χ1v) is 7.99. The van der Waals surface area contributed by atoms with Crippen molar-refractivity contribution in [2.45, 2.75) is 18.2 Å². The first kappa shape index (κ1) is 15.3. The van der Waals surface area contributed by atoms with Crippen molar-refractivity contribution < 1.29 is 12.6 Å². The number of benzene rings is 2. The van der Waals surface area contributed by atoms with Crippen molar-refractivity contribution in [3.63, 3.8) is 0 Å². The van der Waals surface area contributed by atoms with Gasteiger partial charge in [-0.2, -0.15) is 8.42 Å². The minimum atomic E-state index is -3.69. The van der Waals surface area contributed by atoms with Gasteiger partial charge in [0, 0.05) is 12.0 Å². The van der Waals surface area contributed by atoms with E-state index in [2.05, 4.69) is 11.8 Å². The van der Waals surface area contributed by atoms with Crippen LogP contribution in [0.4, 0.5) is 0 Å². The molecule has 0 saturated carbocycles. The van der Waals surface area contributed by atoms with Crippen LogP contribution in [0, 0.1) is 18.8 Å². The van der Waals surface area contributed by atoms with Gasteiger partial charge in [0.05, 0.1) is 11.5 Å². The summed E-state index contributed by atoms with van der Waals surface area (Å²) >= 11 is 0. The Morgan fingerprint density at radius 1 is 1.00 bits per heavy atom. The minimum absolute atomic E-state index is 0.0516. The summed E-state index contributed by atoms with van der Waals surface area (Å²) in [6.07, 6.45) is 0.361. The summed E-state index contributed by atoms with van der Waals surface area (Å²) in [5.74, 6) is 5.85. The molecule has 0 bridgehead atoms. The molecule has 2 rings (SSSR count). The van der Waals surface area contributed by atoms with Gasteiger partial charge in [0.1, 0.15) is 0 Å². The fraction of sp³-hybridized carbons (Fsp3) is 0.176. The van der Waals surface area contributed by atoms with E-state index in [9.17, 15) is 8.42 Å². The van der Waals surface area contributed by atoms with Crippen molar-refractivity contribution in [3.05, 3.63) is 65.7 Å². The number of hydrogen-bond acceptors (Lipinski definition) is 3. The summed E-state index contributed by atoms with van der Waals surface area (Å²) in [4.78, 5) is 0.170. The molecule has 0 aliphatic heterocycles. The van der Waals surface area contributed by atoms with Crippen LogP contribution >= 0.6 is 0 Å². The molecule has 0 aliphatic rings. The Morgan fingerprint density at radius 3 is 2.33 bits per heavy atom. The lowest BCUT2D eigenvalue weighted by Crippen LogP contribution is -2.07. The zero-order chi connectivity index (χ0) is 15.1. The molecule has 4 heteroatoms. The van der Waals surface area contributed by atoms with Crippen LogP contribution in [0.25, 0.3) is 0 Å². The highest BCUT2D eigenvalue weighted by Crippen LogP contribution is 2.13. The van der Waals surface area contributed by atoms with E-state index in [1.54, 1.807) is 24.3 Å². The second-order valence-corrected chi connectivity index (χ2v) is 6.12. The van der Waals surface area contributed by atoms with Crippen LogP contribution in [0.5, 0.6) is 0 Å². The normalized spacial score (nSPS) is 10.7. The van der Waals surface area contributed by atoms with Crippen LogP contribution in [-0.2, 0) is 14.3 Å². The fourth-order valence-corrected chi connectivity index (χ4v) is 2.57. The lowest BCUT2D eigenvalue weighted by atomic mass is 10.2. The largest absolute Gasteiger partial charge is 0.297 e. The number of hydrogen-bond donors (Lipinski definition) is 0. The van der Waals surface area contributed by atoms with Gasteiger partial charge in [0.15, 0.2) is 0 Å². The summed E-state index contributed by atoms with van der Waals surface area (Å²) in [5.41, 5.74) is 1.90. The molecule has 2 aromatic rings. The van der Waals surface area contributed by atoms with E-state index < -0.39 is 10.1 Å². The Bertz CT molecular complexity index is 736. The van der Waals surface area contributed by atoms with E-state index in [1.165, 1.54) is 0 Å². The van der Waals surface area contributed by atoms with E-state index >= 15 is 0 Å². The summed E-state index contributed by atoms with van der Waals surface area (Å²) in [6.45, 7) is 1.95. The van der Waals surface area contributed by atoms with Crippen LogP contribution in [0.2, 0.25) is 0 Å². The van der Waals surface area contributed by atoms with Crippen molar-refractivity contribution in [1.82, 2.24) is 0 Å². The third-order valence-corrected chi connectivity index (χ3v) is 4.11. The molecule has 0 saturated heterocycles. The zero-order valence-electron chi connectivity index (χ0n) is 11.7. The third-order valence-electron chi connectivity index (χ3n) is 2.78. The topological polar surface area (TPSA) is 43.4 Å². The molecule has 0 spiro atoms. The molecule has 0 aromatic heterocycles. The van der Waals surface area contributed by atoms with Gasteiger partial charge >= 0.3 is 0 Å². The quantitative estimate of drug-likeness (QED) is 0.495. The Morgan fingerprint density at radius 2 is 1.67 bits per heavy atom. The number of rotatable bonds is 4. The van der Waals surface area contributed by atoms with Crippen molar-refractivity contribution >= 4 is 10.1 Å². The van der Waals surface area contributed by atoms with E-state index in [0.29, 0.717) is 6.42 Å². The Hall–Kier alpha value is -2.09. The summed E-state index contributed by atoms with van der Waals surface area (Å²) in [7, 11) is -3.69. The summed E-state index contributed by atoms with van der Waals surface area (Å²) in [5, 5.41) is 0. The average molecular weight is 300 g/mol. The Labute approximate surface area is 125 Å². The monoisotopic (exact) mass is 300 g/mol. The molecular weight excluding hydrogens is 284 g/mol. The molecule has 0 atom stereocenters. The van der Waals surface area contributed by atoms with Gasteiger partial charge in [-0.3, -0.25) is 4.18 Å². The highest BCUT2D eigenvalue weighted by molar-refractivity contribution is 7.86. The molecule has 0 fully saturated rings. The minimum Gasteiger partial charge on any atom is -0.265 e. The van der Waals surface area contributed by atoms with Crippen molar-refractivity contribution in [1.29, 1.82) is 0 Å². The summed E-state index contributed by atoms with van der Waals surface area (Å²) < 4.78 is 28.8. The predicted molar refractivity (Wildman–Crippen MR) is 82.3 cm³/mol.